The minimum atomic E-state index is -0.891. The minimum absolute atomic E-state index is 0.0144. The Labute approximate surface area is 106 Å². The van der Waals surface area contributed by atoms with Gasteiger partial charge in [-0.15, -0.1) is 0 Å². The molecule has 0 saturated heterocycles. The van der Waals surface area contributed by atoms with Gasteiger partial charge in [-0.3, -0.25) is 0 Å². The average Bonchev–Trinajstić information content (AvgIpc) is 2.24. The number of alkyl carbamates (subject to hydrolysis) is 1. The second-order valence-electron chi connectivity index (χ2n) is 4.95. The summed E-state index contributed by atoms with van der Waals surface area (Å²) < 4.78 is 17.7. The molecule has 5 heteroatoms. The molecule has 1 aromatic carbocycles. The Bertz CT molecular complexity index is 398. The van der Waals surface area contributed by atoms with Gasteiger partial charge in [-0.1, -0.05) is 12.1 Å². The molecule has 0 spiro atoms. The minimum Gasteiger partial charge on any atom is -0.444 e. The molecule has 1 rings (SSSR count). The summed E-state index contributed by atoms with van der Waals surface area (Å²) in [6.45, 7) is 5.27. The number of nitrogens with one attached hydrogen (secondary N) is 1. The molecule has 1 aromatic rings. The van der Waals surface area contributed by atoms with Crippen molar-refractivity contribution < 1.29 is 19.0 Å². The van der Waals surface area contributed by atoms with Gasteiger partial charge in [0.2, 0.25) is 0 Å². The van der Waals surface area contributed by atoms with Gasteiger partial charge in [-0.25, -0.2) is 9.18 Å². The van der Waals surface area contributed by atoms with E-state index in [1.54, 1.807) is 20.8 Å². The average molecular weight is 255 g/mol. The fourth-order valence-corrected chi connectivity index (χ4v) is 1.30. The molecule has 2 N–H and O–H groups in total. The monoisotopic (exact) mass is 255 g/mol. The maximum atomic E-state index is 12.7. The highest BCUT2D eigenvalue weighted by Gasteiger charge is 2.17. The molecule has 0 heterocycles. The second kappa shape index (κ2) is 5.82. The van der Waals surface area contributed by atoms with Crippen LogP contribution in [0.15, 0.2) is 24.3 Å². The van der Waals surface area contributed by atoms with E-state index < -0.39 is 17.8 Å². The Balaban J connectivity index is 2.44. The number of ether oxygens (including phenoxy) is 1. The van der Waals surface area contributed by atoms with Crippen LogP contribution in [0.3, 0.4) is 0 Å². The smallest absolute Gasteiger partial charge is 0.407 e. The van der Waals surface area contributed by atoms with Gasteiger partial charge in [0.15, 0.2) is 0 Å². The SMILES string of the molecule is CC(C)(C)OC(=O)NC[C@H](O)c1ccc(F)cc1. The van der Waals surface area contributed by atoms with E-state index in [0.717, 1.165) is 0 Å². The van der Waals surface area contributed by atoms with E-state index in [4.69, 9.17) is 4.74 Å². The molecule has 100 valence electrons. The number of carbonyl (C=O) groups is 1. The molecule has 1 amide bonds. The molecule has 0 fully saturated rings. The lowest BCUT2D eigenvalue weighted by Crippen LogP contribution is -2.34. The van der Waals surface area contributed by atoms with Crippen LogP contribution in [-0.4, -0.2) is 23.3 Å². The van der Waals surface area contributed by atoms with Crippen LogP contribution < -0.4 is 5.32 Å². The first-order valence-electron chi connectivity index (χ1n) is 5.68. The summed E-state index contributed by atoms with van der Waals surface area (Å²) in [5.41, 5.74) is -0.0438. The van der Waals surface area contributed by atoms with Crippen molar-refractivity contribution in [2.45, 2.75) is 32.5 Å². The lowest BCUT2D eigenvalue weighted by atomic mass is 10.1. The maximum absolute atomic E-state index is 12.7. The highest BCUT2D eigenvalue weighted by atomic mass is 19.1. The topological polar surface area (TPSA) is 58.6 Å². The molecular weight excluding hydrogens is 237 g/mol. The first-order valence-corrected chi connectivity index (χ1v) is 5.68. The molecule has 0 aliphatic heterocycles. The van der Waals surface area contributed by atoms with Gasteiger partial charge in [0.1, 0.15) is 11.4 Å². The third-order valence-electron chi connectivity index (χ3n) is 2.09. The molecule has 0 bridgehead atoms. The first kappa shape index (κ1) is 14.4. The van der Waals surface area contributed by atoms with Crippen molar-refractivity contribution in [3.05, 3.63) is 35.6 Å². The van der Waals surface area contributed by atoms with Crippen LogP contribution in [0.4, 0.5) is 9.18 Å². The molecule has 0 unspecified atom stereocenters. The Hall–Kier alpha value is -1.62. The van der Waals surface area contributed by atoms with E-state index >= 15 is 0 Å². The molecule has 18 heavy (non-hydrogen) atoms. The number of halogens is 1. The van der Waals surface area contributed by atoms with E-state index in [-0.39, 0.29) is 12.4 Å². The number of carbonyl (C=O) groups excluding carboxylic acids is 1. The standard InChI is InChI=1S/C13H18FNO3/c1-13(2,3)18-12(17)15-8-11(16)9-4-6-10(14)7-5-9/h4-7,11,16H,8H2,1-3H3,(H,15,17)/t11-/m0/s1. The second-order valence-corrected chi connectivity index (χ2v) is 4.95. The van der Waals surface area contributed by atoms with Gasteiger partial charge >= 0.3 is 6.09 Å². The number of hydrogen-bond donors (Lipinski definition) is 2. The van der Waals surface area contributed by atoms with Crippen LogP contribution in [0.25, 0.3) is 0 Å². The quantitative estimate of drug-likeness (QED) is 0.871. The maximum Gasteiger partial charge on any atom is 0.407 e. The Morgan fingerprint density at radius 3 is 2.44 bits per heavy atom. The van der Waals surface area contributed by atoms with Crippen molar-refractivity contribution in [3.63, 3.8) is 0 Å². The largest absolute Gasteiger partial charge is 0.444 e. The summed E-state index contributed by atoms with van der Waals surface area (Å²) in [6.07, 6.45) is -1.48. The van der Waals surface area contributed by atoms with Crippen molar-refractivity contribution >= 4 is 6.09 Å². The van der Waals surface area contributed by atoms with Gasteiger partial charge in [0.25, 0.3) is 0 Å². The van der Waals surface area contributed by atoms with Gasteiger partial charge in [-0.2, -0.15) is 0 Å². The molecular formula is C13H18FNO3. The molecule has 0 aliphatic carbocycles. The van der Waals surface area contributed by atoms with Crippen LogP contribution in [0.5, 0.6) is 0 Å². The van der Waals surface area contributed by atoms with Crippen molar-refractivity contribution in [1.29, 1.82) is 0 Å². The normalized spacial score (nSPS) is 12.9. The number of hydrogen-bond acceptors (Lipinski definition) is 3. The third kappa shape index (κ3) is 5.14. The Kier molecular flexibility index (Phi) is 4.67. The zero-order valence-corrected chi connectivity index (χ0v) is 10.7. The van der Waals surface area contributed by atoms with Crippen LogP contribution in [0.1, 0.15) is 32.4 Å². The highest BCUT2D eigenvalue weighted by Crippen LogP contribution is 2.13. The molecule has 0 aliphatic rings. The molecule has 0 aromatic heterocycles. The highest BCUT2D eigenvalue weighted by molar-refractivity contribution is 5.67. The zero-order chi connectivity index (χ0) is 13.8. The van der Waals surface area contributed by atoms with E-state index in [0.29, 0.717) is 5.56 Å². The van der Waals surface area contributed by atoms with Crippen molar-refractivity contribution in [1.82, 2.24) is 5.32 Å². The van der Waals surface area contributed by atoms with Crippen molar-refractivity contribution in [2.24, 2.45) is 0 Å². The molecule has 0 radical (unpaired) electrons. The summed E-state index contributed by atoms with van der Waals surface area (Å²) in [5.74, 6) is -0.369. The van der Waals surface area contributed by atoms with Crippen LogP contribution in [0, 0.1) is 5.82 Å². The van der Waals surface area contributed by atoms with Crippen LogP contribution in [-0.2, 0) is 4.74 Å². The number of aliphatic hydroxyl groups excluding tert-OH is 1. The van der Waals surface area contributed by atoms with Gasteiger partial charge in [0, 0.05) is 0 Å². The predicted octanol–water partition coefficient (Wildman–Crippen LogP) is 2.38. The number of rotatable bonds is 3. The van der Waals surface area contributed by atoms with E-state index in [1.807, 2.05) is 0 Å². The fourth-order valence-electron chi connectivity index (χ4n) is 1.30. The summed E-state index contributed by atoms with van der Waals surface area (Å²) >= 11 is 0. The van der Waals surface area contributed by atoms with Crippen LogP contribution in [0.2, 0.25) is 0 Å². The molecule has 4 nitrogen and oxygen atoms in total. The number of aliphatic hydroxyl groups is 1. The number of amides is 1. The van der Waals surface area contributed by atoms with Gasteiger partial charge in [-0.05, 0) is 38.5 Å². The molecule has 1 atom stereocenters. The summed E-state index contributed by atoms with van der Waals surface area (Å²) in [6, 6.07) is 5.45. The summed E-state index contributed by atoms with van der Waals surface area (Å²) in [7, 11) is 0. The van der Waals surface area contributed by atoms with E-state index in [2.05, 4.69) is 5.32 Å². The van der Waals surface area contributed by atoms with Gasteiger partial charge in [0.05, 0.1) is 12.6 Å². The lowest BCUT2D eigenvalue weighted by Gasteiger charge is -2.20. The fraction of sp³-hybridized carbons (Fsp3) is 0.462. The van der Waals surface area contributed by atoms with Gasteiger partial charge < -0.3 is 15.2 Å². The summed E-state index contributed by atoms with van der Waals surface area (Å²) in [5, 5.41) is 12.2. The van der Waals surface area contributed by atoms with Crippen LogP contribution >= 0.6 is 0 Å². The van der Waals surface area contributed by atoms with E-state index in [1.165, 1.54) is 24.3 Å². The lowest BCUT2D eigenvalue weighted by molar-refractivity contribution is 0.0491. The third-order valence-corrected chi connectivity index (χ3v) is 2.09. The Morgan fingerprint density at radius 1 is 1.39 bits per heavy atom. The Morgan fingerprint density at radius 2 is 1.94 bits per heavy atom. The summed E-state index contributed by atoms with van der Waals surface area (Å²) in [4.78, 5) is 11.3. The number of benzene rings is 1. The predicted molar refractivity (Wildman–Crippen MR) is 65.6 cm³/mol. The zero-order valence-electron chi connectivity index (χ0n) is 10.7. The van der Waals surface area contributed by atoms with Crippen molar-refractivity contribution in [3.8, 4) is 0 Å². The molecule has 0 saturated carbocycles. The van der Waals surface area contributed by atoms with Crippen molar-refractivity contribution in [2.75, 3.05) is 6.54 Å². The van der Waals surface area contributed by atoms with E-state index in [9.17, 15) is 14.3 Å². The first-order chi connectivity index (χ1) is 8.28.